The summed E-state index contributed by atoms with van der Waals surface area (Å²) in [6.07, 6.45) is 0. The highest BCUT2D eigenvalue weighted by atomic mass is 35.5. The predicted molar refractivity (Wildman–Crippen MR) is 109 cm³/mol. The SMILES string of the molecule is C[C@H](C(=O)Nc1c(Cl)cccc1Cl)[NH+]1CCN(c2cccc(Cl)c2)CC1. The van der Waals surface area contributed by atoms with Crippen molar-refractivity contribution in [2.24, 2.45) is 0 Å². The molecule has 26 heavy (non-hydrogen) atoms. The fraction of sp³-hybridized carbons (Fsp3) is 0.316. The molecule has 0 unspecified atom stereocenters. The molecule has 2 N–H and O–H groups in total. The molecule has 1 saturated heterocycles. The number of rotatable bonds is 4. The zero-order valence-electron chi connectivity index (χ0n) is 14.4. The molecule has 1 fully saturated rings. The van der Waals surface area contributed by atoms with Gasteiger partial charge in [0.1, 0.15) is 0 Å². The van der Waals surface area contributed by atoms with Crippen LogP contribution in [-0.2, 0) is 4.79 Å². The lowest BCUT2D eigenvalue weighted by atomic mass is 10.2. The molecule has 1 atom stereocenters. The van der Waals surface area contributed by atoms with E-state index >= 15 is 0 Å². The van der Waals surface area contributed by atoms with Crippen LogP contribution in [0.4, 0.5) is 11.4 Å². The third-order valence-electron chi connectivity index (χ3n) is 4.80. The number of hydrogen-bond acceptors (Lipinski definition) is 2. The molecule has 1 heterocycles. The van der Waals surface area contributed by atoms with Gasteiger partial charge < -0.3 is 15.1 Å². The summed E-state index contributed by atoms with van der Waals surface area (Å²) in [4.78, 5) is 16.2. The zero-order valence-corrected chi connectivity index (χ0v) is 16.7. The third kappa shape index (κ3) is 4.44. The van der Waals surface area contributed by atoms with Crippen LogP contribution >= 0.6 is 34.8 Å². The van der Waals surface area contributed by atoms with Crippen molar-refractivity contribution in [3.05, 3.63) is 57.5 Å². The number of amides is 1. The van der Waals surface area contributed by atoms with E-state index in [1.54, 1.807) is 18.2 Å². The van der Waals surface area contributed by atoms with Crippen LogP contribution in [-0.4, -0.2) is 38.1 Å². The predicted octanol–water partition coefficient (Wildman–Crippen LogP) is 3.38. The molecule has 3 rings (SSSR count). The van der Waals surface area contributed by atoms with E-state index in [9.17, 15) is 4.79 Å². The van der Waals surface area contributed by atoms with E-state index in [0.29, 0.717) is 15.7 Å². The average molecular weight is 414 g/mol. The maximum absolute atomic E-state index is 12.6. The molecule has 0 radical (unpaired) electrons. The monoisotopic (exact) mass is 412 g/mol. The first kappa shape index (κ1) is 19.3. The Kier molecular flexibility index (Phi) is 6.30. The Morgan fingerprint density at radius 3 is 2.31 bits per heavy atom. The van der Waals surface area contributed by atoms with Gasteiger partial charge in [0, 0.05) is 10.7 Å². The number of halogens is 3. The molecule has 1 aliphatic rings. The van der Waals surface area contributed by atoms with Crippen LogP contribution < -0.4 is 15.1 Å². The maximum atomic E-state index is 12.6. The largest absolute Gasteiger partial charge is 0.360 e. The van der Waals surface area contributed by atoms with Crippen molar-refractivity contribution in [1.82, 2.24) is 0 Å². The molecule has 0 spiro atoms. The highest BCUT2D eigenvalue weighted by Gasteiger charge is 2.30. The second kappa shape index (κ2) is 8.49. The molecule has 0 saturated carbocycles. The summed E-state index contributed by atoms with van der Waals surface area (Å²) in [5.41, 5.74) is 1.60. The topological polar surface area (TPSA) is 36.8 Å². The number of para-hydroxylation sites is 1. The van der Waals surface area contributed by atoms with Crippen molar-refractivity contribution in [2.45, 2.75) is 13.0 Å². The first-order valence-corrected chi connectivity index (χ1v) is 9.69. The van der Waals surface area contributed by atoms with E-state index in [-0.39, 0.29) is 11.9 Å². The van der Waals surface area contributed by atoms with Crippen molar-refractivity contribution in [3.63, 3.8) is 0 Å². The Bertz CT molecular complexity index is 771. The molecule has 0 bridgehead atoms. The maximum Gasteiger partial charge on any atom is 0.282 e. The van der Waals surface area contributed by atoms with Gasteiger partial charge in [0.2, 0.25) is 0 Å². The smallest absolute Gasteiger partial charge is 0.282 e. The summed E-state index contributed by atoms with van der Waals surface area (Å²) in [5.74, 6) is -0.0776. The normalized spacial score (nSPS) is 16.4. The molecule has 0 aliphatic carbocycles. The molecular weight excluding hydrogens is 393 g/mol. The Labute approximate surface area is 168 Å². The lowest BCUT2D eigenvalue weighted by Crippen LogP contribution is -3.19. The molecule has 2 aromatic carbocycles. The first-order valence-electron chi connectivity index (χ1n) is 8.55. The summed E-state index contributed by atoms with van der Waals surface area (Å²) < 4.78 is 0. The number of carbonyl (C=O) groups excluding carboxylic acids is 1. The van der Waals surface area contributed by atoms with Crippen molar-refractivity contribution in [2.75, 3.05) is 36.4 Å². The van der Waals surface area contributed by atoms with E-state index in [0.717, 1.165) is 36.9 Å². The molecule has 1 amide bonds. The van der Waals surface area contributed by atoms with Crippen molar-refractivity contribution in [3.8, 4) is 0 Å². The highest BCUT2D eigenvalue weighted by molar-refractivity contribution is 6.39. The van der Waals surface area contributed by atoms with E-state index in [2.05, 4.69) is 16.3 Å². The summed E-state index contributed by atoms with van der Waals surface area (Å²) in [6, 6.07) is 12.9. The lowest BCUT2D eigenvalue weighted by molar-refractivity contribution is -0.914. The van der Waals surface area contributed by atoms with Crippen molar-refractivity contribution < 1.29 is 9.69 Å². The minimum Gasteiger partial charge on any atom is -0.360 e. The van der Waals surface area contributed by atoms with Crippen LogP contribution in [0.1, 0.15) is 6.92 Å². The van der Waals surface area contributed by atoms with Gasteiger partial charge in [-0.25, -0.2) is 0 Å². The summed E-state index contributed by atoms with van der Waals surface area (Å²) in [5, 5.41) is 4.50. The van der Waals surface area contributed by atoms with Crippen LogP contribution in [0.5, 0.6) is 0 Å². The molecule has 7 heteroatoms. The fourth-order valence-electron chi connectivity index (χ4n) is 3.19. The van der Waals surface area contributed by atoms with Gasteiger partial charge >= 0.3 is 0 Å². The van der Waals surface area contributed by atoms with E-state index < -0.39 is 0 Å². The number of piperazine rings is 1. The number of benzene rings is 2. The summed E-state index contributed by atoms with van der Waals surface area (Å²) >= 11 is 18.4. The first-order chi connectivity index (χ1) is 12.5. The molecular formula is C19H21Cl3N3O+. The molecule has 138 valence electrons. The third-order valence-corrected chi connectivity index (χ3v) is 5.66. The number of carbonyl (C=O) groups is 1. The zero-order chi connectivity index (χ0) is 18.7. The van der Waals surface area contributed by atoms with Crippen LogP contribution in [0.15, 0.2) is 42.5 Å². The average Bonchev–Trinajstić information content (AvgIpc) is 2.64. The van der Waals surface area contributed by atoms with Gasteiger partial charge in [-0.2, -0.15) is 0 Å². The van der Waals surface area contributed by atoms with Gasteiger partial charge in [-0.3, -0.25) is 4.79 Å². The van der Waals surface area contributed by atoms with Crippen molar-refractivity contribution in [1.29, 1.82) is 0 Å². The Morgan fingerprint density at radius 2 is 1.69 bits per heavy atom. The van der Waals surface area contributed by atoms with Gasteiger partial charge in [-0.05, 0) is 37.3 Å². The van der Waals surface area contributed by atoms with E-state index in [4.69, 9.17) is 34.8 Å². The molecule has 4 nitrogen and oxygen atoms in total. The van der Waals surface area contributed by atoms with Gasteiger partial charge in [0.05, 0.1) is 41.9 Å². The molecule has 0 aromatic heterocycles. The standard InChI is InChI=1S/C19H20Cl3N3O/c1-13(19(26)23-18-16(21)6-3-7-17(18)22)24-8-10-25(11-9-24)15-5-2-4-14(20)12-15/h2-7,12-13H,8-11H2,1H3,(H,23,26)/p+1/t13-/m1/s1. The van der Waals surface area contributed by atoms with E-state index in [1.165, 1.54) is 4.90 Å². The van der Waals surface area contributed by atoms with Crippen LogP contribution in [0, 0.1) is 0 Å². The number of nitrogens with one attached hydrogen (secondary N) is 2. The Balaban J connectivity index is 1.59. The Morgan fingerprint density at radius 1 is 1.08 bits per heavy atom. The number of hydrogen-bond donors (Lipinski definition) is 2. The van der Waals surface area contributed by atoms with Gasteiger partial charge in [0.25, 0.3) is 5.91 Å². The van der Waals surface area contributed by atoms with E-state index in [1.807, 2.05) is 25.1 Å². The number of quaternary nitrogens is 1. The minimum atomic E-state index is -0.191. The number of nitrogens with zero attached hydrogens (tertiary/aromatic N) is 1. The lowest BCUT2D eigenvalue weighted by Gasteiger charge is -2.36. The van der Waals surface area contributed by atoms with Crippen LogP contribution in [0.3, 0.4) is 0 Å². The highest BCUT2D eigenvalue weighted by Crippen LogP contribution is 2.29. The quantitative estimate of drug-likeness (QED) is 0.806. The van der Waals surface area contributed by atoms with Gasteiger partial charge in [-0.1, -0.05) is 46.9 Å². The van der Waals surface area contributed by atoms with Crippen molar-refractivity contribution >= 4 is 52.1 Å². The van der Waals surface area contributed by atoms with Gasteiger partial charge in [0.15, 0.2) is 6.04 Å². The Hall–Kier alpha value is -1.46. The number of anilines is 2. The minimum absolute atomic E-state index is 0.0776. The molecule has 2 aromatic rings. The summed E-state index contributed by atoms with van der Waals surface area (Å²) in [6.45, 7) is 5.43. The van der Waals surface area contributed by atoms with Crippen LogP contribution in [0.25, 0.3) is 0 Å². The summed E-state index contributed by atoms with van der Waals surface area (Å²) in [7, 11) is 0. The second-order valence-corrected chi connectivity index (χ2v) is 7.68. The second-order valence-electron chi connectivity index (χ2n) is 6.43. The molecule has 1 aliphatic heterocycles. The van der Waals surface area contributed by atoms with Crippen LogP contribution in [0.2, 0.25) is 15.1 Å². The fourth-order valence-corrected chi connectivity index (χ4v) is 3.87. The van der Waals surface area contributed by atoms with Gasteiger partial charge in [-0.15, -0.1) is 0 Å².